The summed E-state index contributed by atoms with van der Waals surface area (Å²) in [5.74, 6) is -0.444. The maximum absolute atomic E-state index is 12.3. The lowest BCUT2D eigenvalue weighted by Crippen LogP contribution is -2.28. The Labute approximate surface area is 184 Å². The highest BCUT2D eigenvalue weighted by atomic mass is 32.1. The van der Waals surface area contributed by atoms with Gasteiger partial charge in [-0.05, 0) is 31.1 Å². The van der Waals surface area contributed by atoms with Crippen LogP contribution in [0.15, 0.2) is 34.2 Å². The second-order valence-corrected chi connectivity index (χ2v) is 8.47. The maximum Gasteiger partial charge on any atom is 0.326 e. The van der Waals surface area contributed by atoms with Gasteiger partial charge < -0.3 is 21.1 Å². The zero-order valence-corrected chi connectivity index (χ0v) is 17.6. The fourth-order valence-electron chi connectivity index (χ4n) is 3.19. The summed E-state index contributed by atoms with van der Waals surface area (Å²) in [5, 5.41) is 17.7. The van der Waals surface area contributed by atoms with E-state index in [9.17, 15) is 14.7 Å². The first-order valence-electron chi connectivity index (χ1n) is 10.1. The Kier molecular flexibility index (Phi) is 5.07. The summed E-state index contributed by atoms with van der Waals surface area (Å²) in [7, 11) is 0. The molecule has 4 aromatic rings. The van der Waals surface area contributed by atoms with Crippen LogP contribution >= 0.6 is 11.3 Å². The summed E-state index contributed by atoms with van der Waals surface area (Å²) in [6.07, 6.45) is 5.25. The monoisotopic (exact) mass is 452 g/mol. The Morgan fingerprint density at radius 1 is 1.41 bits per heavy atom. The summed E-state index contributed by atoms with van der Waals surface area (Å²) in [6, 6.07) is 5.71. The largest absolute Gasteiger partial charge is 0.493 e. The Bertz CT molecular complexity index is 1490. The van der Waals surface area contributed by atoms with Gasteiger partial charge in [-0.25, -0.2) is 9.78 Å². The predicted octanol–water partition coefficient (Wildman–Crippen LogP) is -0.521. The molecule has 0 aromatic carbocycles. The van der Waals surface area contributed by atoms with Crippen LogP contribution in [0.25, 0.3) is 22.3 Å². The molecule has 4 heterocycles. The molecule has 0 spiro atoms. The molecule has 1 saturated carbocycles. The van der Waals surface area contributed by atoms with E-state index in [1.165, 1.54) is 11.3 Å². The molecule has 32 heavy (non-hydrogen) atoms. The van der Waals surface area contributed by atoms with Gasteiger partial charge in [-0.15, -0.1) is 11.3 Å². The Morgan fingerprint density at radius 3 is 2.97 bits per heavy atom. The van der Waals surface area contributed by atoms with Crippen molar-refractivity contribution in [3.05, 3.63) is 56.2 Å². The molecule has 1 amide bonds. The van der Waals surface area contributed by atoms with Crippen LogP contribution in [0.5, 0.6) is 5.88 Å². The highest BCUT2D eigenvalue weighted by Crippen LogP contribution is 2.27. The number of nitrogens with one attached hydrogen (secondary N) is 3. The summed E-state index contributed by atoms with van der Waals surface area (Å²) in [4.78, 5) is 39.4. The van der Waals surface area contributed by atoms with Crippen LogP contribution in [-0.2, 0) is 0 Å². The number of hydrogen-bond acceptors (Lipinski definition) is 8. The van der Waals surface area contributed by atoms with Crippen LogP contribution in [0.4, 0.5) is 0 Å². The third-order valence-corrected chi connectivity index (χ3v) is 6.00. The fraction of sp³-hybridized carbons (Fsp3) is 0.250. The van der Waals surface area contributed by atoms with Crippen molar-refractivity contribution >= 4 is 29.0 Å². The molecule has 0 radical (unpaired) electrons. The number of nitrogens with two attached hydrogens (primary N) is 1. The van der Waals surface area contributed by atoms with E-state index in [1.54, 1.807) is 22.9 Å². The average molecular weight is 453 g/mol. The number of H-pyrrole nitrogens is 2. The number of hydrogen-bond donors (Lipinski definition) is 5. The van der Waals surface area contributed by atoms with Crippen molar-refractivity contribution in [3.8, 4) is 16.5 Å². The van der Waals surface area contributed by atoms with Gasteiger partial charge in [-0.2, -0.15) is 9.61 Å². The van der Waals surface area contributed by atoms with Crippen molar-refractivity contribution in [2.45, 2.75) is 18.9 Å². The molecule has 0 aliphatic heterocycles. The quantitative estimate of drug-likeness (QED) is 0.264. The molecule has 0 unspecified atom stereocenters. The maximum atomic E-state index is 12.3. The molecule has 1 aliphatic carbocycles. The smallest absolute Gasteiger partial charge is 0.326 e. The van der Waals surface area contributed by atoms with Crippen LogP contribution < -0.4 is 27.4 Å². The molecule has 164 valence electrons. The predicted molar refractivity (Wildman–Crippen MR) is 118 cm³/mol. The van der Waals surface area contributed by atoms with Crippen molar-refractivity contribution in [2.75, 3.05) is 13.1 Å². The van der Waals surface area contributed by atoms with E-state index < -0.39 is 5.69 Å². The van der Waals surface area contributed by atoms with Gasteiger partial charge in [-0.1, -0.05) is 0 Å². The number of aromatic nitrogens is 5. The van der Waals surface area contributed by atoms with E-state index in [4.69, 9.17) is 15.7 Å². The standard InChI is InChI=1S/C20H20N8O3S/c21-5-6-22-19(30)15-4-3-14(32-15)12-8-16(24-11-1-2-11)28-17(25-12)10(9-23-28)7-13-18(29)27-20(31)26-13/h3-4,7-9,11,29H,1-2,5-6,21H2,(H,22,30)(H2,26,27,31). The highest BCUT2D eigenvalue weighted by Gasteiger charge is 2.21. The van der Waals surface area contributed by atoms with Crippen molar-refractivity contribution in [1.82, 2.24) is 29.9 Å². The number of imidazole rings is 1. The van der Waals surface area contributed by atoms with Gasteiger partial charge in [0.2, 0.25) is 5.88 Å². The van der Waals surface area contributed by atoms with Gasteiger partial charge in [0.25, 0.3) is 5.91 Å². The number of amides is 1. The molecule has 4 aromatic heterocycles. The molecule has 0 atom stereocenters. The SMILES string of the molecule is NCCNC(=O)c1ccc(-c2cc(=NC3CC3)n3ncc(=Cc4[nH]c(=O)[nH]c4O)c3n2)s1. The van der Waals surface area contributed by atoms with E-state index >= 15 is 0 Å². The number of thiophene rings is 1. The zero-order valence-electron chi connectivity index (χ0n) is 16.8. The average Bonchev–Trinajstić information content (AvgIpc) is 3.16. The normalized spacial score (nSPS) is 15.0. The van der Waals surface area contributed by atoms with E-state index in [-0.39, 0.29) is 23.5 Å². The Balaban J connectivity index is 1.64. The molecule has 11 nitrogen and oxygen atoms in total. The van der Waals surface area contributed by atoms with Crippen LogP contribution in [0, 0.1) is 0 Å². The molecule has 1 aliphatic rings. The number of fused-ring (bicyclic) bond motifs is 1. The van der Waals surface area contributed by atoms with Crippen LogP contribution in [0.3, 0.4) is 0 Å². The number of carbonyl (C=O) groups excluding carboxylic acids is 1. The molecule has 12 heteroatoms. The van der Waals surface area contributed by atoms with Crippen molar-refractivity contribution in [3.63, 3.8) is 0 Å². The highest BCUT2D eigenvalue weighted by molar-refractivity contribution is 7.17. The minimum Gasteiger partial charge on any atom is -0.493 e. The summed E-state index contributed by atoms with van der Waals surface area (Å²) >= 11 is 1.33. The van der Waals surface area contributed by atoms with E-state index in [1.807, 2.05) is 12.1 Å². The third kappa shape index (κ3) is 3.92. The van der Waals surface area contributed by atoms with Crippen molar-refractivity contribution in [2.24, 2.45) is 10.7 Å². The van der Waals surface area contributed by atoms with Gasteiger partial charge in [0, 0.05) is 24.4 Å². The van der Waals surface area contributed by atoms with Crippen LogP contribution in [0.1, 0.15) is 28.2 Å². The fourth-order valence-corrected chi connectivity index (χ4v) is 4.08. The van der Waals surface area contributed by atoms with Crippen LogP contribution in [0.2, 0.25) is 0 Å². The lowest BCUT2D eigenvalue weighted by atomic mass is 10.3. The van der Waals surface area contributed by atoms with E-state index in [0.29, 0.717) is 40.0 Å². The molecular weight excluding hydrogens is 432 g/mol. The second-order valence-electron chi connectivity index (χ2n) is 7.39. The lowest BCUT2D eigenvalue weighted by Gasteiger charge is -2.01. The van der Waals surface area contributed by atoms with Gasteiger partial charge in [-0.3, -0.25) is 14.8 Å². The number of carbonyl (C=O) groups is 1. The zero-order chi connectivity index (χ0) is 22.2. The van der Waals surface area contributed by atoms with Crippen LogP contribution in [-0.4, -0.2) is 54.7 Å². The number of aromatic hydroxyl groups is 1. The van der Waals surface area contributed by atoms with E-state index in [2.05, 4.69) is 20.4 Å². The molecular formula is C20H20N8O3S. The molecule has 6 N–H and O–H groups in total. The summed E-state index contributed by atoms with van der Waals surface area (Å²) in [6.45, 7) is 0.778. The molecule has 1 fully saturated rings. The first-order valence-corrected chi connectivity index (χ1v) is 10.9. The van der Waals surface area contributed by atoms with E-state index in [0.717, 1.165) is 17.7 Å². The minimum absolute atomic E-state index is 0.180. The third-order valence-electron chi connectivity index (χ3n) is 4.89. The summed E-state index contributed by atoms with van der Waals surface area (Å²) in [5.41, 5.74) is 7.00. The molecule has 0 saturated heterocycles. The number of aromatic amines is 2. The van der Waals surface area contributed by atoms with Gasteiger partial charge in [0.1, 0.15) is 5.69 Å². The Morgan fingerprint density at radius 2 is 2.25 bits per heavy atom. The summed E-state index contributed by atoms with van der Waals surface area (Å²) < 4.78 is 1.64. The Hall–Kier alpha value is -3.77. The lowest BCUT2D eigenvalue weighted by molar-refractivity contribution is 0.0959. The number of rotatable bonds is 6. The van der Waals surface area contributed by atoms with Gasteiger partial charge in [0.15, 0.2) is 11.1 Å². The first-order chi connectivity index (χ1) is 15.5. The second kappa shape index (κ2) is 8.05. The topological polar surface area (TPSA) is 167 Å². The molecule has 5 rings (SSSR count). The van der Waals surface area contributed by atoms with Crippen molar-refractivity contribution in [1.29, 1.82) is 0 Å². The first kappa shape index (κ1) is 20.2. The van der Waals surface area contributed by atoms with Gasteiger partial charge in [0.05, 0.1) is 27.7 Å². The molecule has 0 bridgehead atoms. The number of nitrogens with zero attached hydrogens (tertiary/aromatic N) is 4. The van der Waals surface area contributed by atoms with Gasteiger partial charge >= 0.3 is 5.69 Å². The van der Waals surface area contributed by atoms with Crippen molar-refractivity contribution < 1.29 is 9.90 Å². The minimum atomic E-state index is -0.512.